The second-order valence-electron chi connectivity index (χ2n) is 9.12. The second kappa shape index (κ2) is 9.07. The first-order valence-electron chi connectivity index (χ1n) is 11.7. The zero-order valence-corrected chi connectivity index (χ0v) is 18.4. The number of quaternary nitrogens is 1. The van der Waals surface area contributed by atoms with Gasteiger partial charge in [0.25, 0.3) is 0 Å². The van der Waals surface area contributed by atoms with Crippen LogP contribution in [0.1, 0.15) is 63.1 Å². The first-order valence-corrected chi connectivity index (χ1v) is 11.7. The van der Waals surface area contributed by atoms with Gasteiger partial charge < -0.3 is 14.9 Å². The maximum atomic E-state index is 14.4. The van der Waals surface area contributed by atoms with E-state index < -0.39 is 5.60 Å². The molecule has 1 aliphatic heterocycles. The molecule has 0 radical (unpaired) electrons. The Kier molecular flexibility index (Phi) is 6.45. The van der Waals surface area contributed by atoms with Crippen LogP contribution in [0.2, 0.25) is 0 Å². The average Bonchev–Trinajstić information content (AvgIpc) is 2.77. The van der Waals surface area contributed by atoms with E-state index in [9.17, 15) is 9.50 Å². The summed E-state index contributed by atoms with van der Waals surface area (Å²) >= 11 is 0. The Morgan fingerprint density at radius 1 is 1.03 bits per heavy atom. The number of hydrogen-bond donors (Lipinski definition) is 2. The molecule has 1 heterocycles. The molecule has 162 valence electrons. The van der Waals surface area contributed by atoms with Crippen molar-refractivity contribution in [3.05, 3.63) is 65.5 Å². The molecule has 4 rings (SSSR count). The van der Waals surface area contributed by atoms with Gasteiger partial charge in [0, 0.05) is 42.2 Å². The number of anilines is 1. The highest BCUT2D eigenvalue weighted by Crippen LogP contribution is 2.44. The van der Waals surface area contributed by atoms with Gasteiger partial charge in [-0.25, -0.2) is 4.39 Å². The van der Waals surface area contributed by atoms with E-state index in [0.29, 0.717) is 6.54 Å². The minimum Gasteiger partial charge on any atom is -0.389 e. The lowest BCUT2D eigenvalue weighted by atomic mass is 9.66. The van der Waals surface area contributed by atoms with Gasteiger partial charge in [-0.3, -0.25) is 0 Å². The van der Waals surface area contributed by atoms with Crippen LogP contribution in [0.15, 0.2) is 48.5 Å². The summed E-state index contributed by atoms with van der Waals surface area (Å²) in [5.74, 6) is 0.117. The predicted molar refractivity (Wildman–Crippen MR) is 120 cm³/mol. The van der Waals surface area contributed by atoms with Crippen LogP contribution in [-0.4, -0.2) is 30.3 Å². The summed E-state index contributed by atoms with van der Waals surface area (Å²) in [6.45, 7) is 7.89. The van der Waals surface area contributed by atoms with Gasteiger partial charge in [-0.1, -0.05) is 43.2 Å². The van der Waals surface area contributed by atoms with E-state index in [1.807, 2.05) is 12.1 Å². The number of fused-ring (bicyclic) bond motifs is 1. The standard InChI is InChI=1S/C26H35FN2O/c1-3-28(4-2)22-14-12-20(13-15-22)25-23-10-7-8-16-26(23,30)17-18-29(25)19-21-9-5-6-11-24(21)27/h5-6,9,11-15,23,25,30H,3-4,7-8,10,16-19H2,1-2H3/p+1/t23-,25-,26+/m1/s1. The molecule has 0 spiro atoms. The molecule has 3 nitrogen and oxygen atoms in total. The summed E-state index contributed by atoms with van der Waals surface area (Å²) in [5, 5.41) is 11.5. The Morgan fingerprint density at radius 3 is 2.47 bits per heavy atom. The van der Waals surface area contributed by atoms with Crippen molar-refractivity contribution in [3.8, 4) is 0 Å². The molecule has 1 saturated heterocycles. The van der Waals surface area contributed by atoms with Crippen molar-refractivity contribution in [1.82, 2.24) is 0 Å². The minimum atomic E-state index is -0.570. The molecular formula is C26H36FN2O+. The summed E-state index contributed by atoms with van der Waals surface area (Å²) in [6, 6.07) is 16.3. The summed E-state index contributed by atoms with van der Waals surface area (Å²) in [6.07, 6.45) is 5.06. The maximum Gasteiger partial charge on any atom is 0.132 e. The predicted octanol–water partition coefficient (Wildman–Crippen LogP) is 4.12. The van der Waals surface area contributed by atoms with Gasteiger partial charge in [-0.15, -0.1) is 0 Å². The fourth-order valence-electron chi connectivity index (χ4n) is 5.89. The molecule has 0 bridgehead atoms. The van der Waals surface area contributed by atoms with Crippen molar-refractivity contribution in [2.24, 2.45) is 5.92 Å². The Balaban J connectivity index is 1.67. The third-order valence-corrected chi connectivity index (χ3v) is 7.54. The lowest BCUT2D eigenvalue weighted by Crippen LogP contribution is -3.13. The quantitative estimate of drug-likeness (QED) is 0.748. The van der Waals surface area contributed by atoms with Crippen LogP contribution in [0, 0.1) is 11.7 Å². The number of piperidine rings is 1. The number of nitrogens with one attached hydrogen (secondary N) is 1. The smallest absolute Gasteiger partial charge is 0.132 e. The molecule has 2 aliphatic rings. The number of nitrogens with zero attached hydrogens (tertiary/aromatic N) is 1. The lowest BCUT2D eigenvalue weighted by Gasteiger charge is -2.50. The molecule has 2 fully saturated rings. The van der Waals surface area contributed by atoms with Crippen molar-refractivity contribution < 1.29 is 14.4 Å². The number of likely N-dealkylation sites (tertiary alicyclic amines) is 1. The van der Waals surface area contributed by atoms with Crippen molar-refractivity contribution >= 4 is 5.69 Å². The highest BCUT2D eigenvalue weighted by Gasteiger charge is 2.51. The fourth-order valence-corrected chi connectivity index (χ4v) is 5.89. The highest BCUT2D eigenvalue weighted by molar-refractivity contribution is 5.47. The Labute approximate surface area is 180 Å². The molecule has 0 aromatic heterocycles. The Hall–Kier alpha value is -1.91. The van der Waals surface area contributed by atoms with Gasteiger partial charge in [-0.05, 0) is 44.9 Å². The van der Waals surface area contributed by atoms with Crippen molar-refractivity contribution in [2.75, 3.05) is 24.5 Å². The molecule has 4 atom stereocenters. The van der Waals surface area contributed by atoms with E-state index in [0.717, 1.165) is 50.9 Å². The summed E-state index contributed by atoms with van der Waals surface area (Å²) < 4.78 is 14.4. The normalized spacial score (nSPS) is 28.7. The highest BCUT2D eigenvalue weighted by atomic mass is 19.1. The molecule has 1 aliphatic carbocycles. The van der Waals surface area contributed by atoms with Crippen LogP contribution in [0.5, 0.6) is 0 Å². The van der Waals surface area contributed by atoms with Gasteiger partial charge in [-0.2, -0.15) is 0 Å². The third kappa shape index (κ3) is 4.13. The van der Waals surface area contributed by atoms with Crippen molar-refractivity contribution in [2.45, 2.75) is 64.1 Å². The first-order chi connectivity index (χ1) is 14.6. The van der Waals surface area contributed by atoms with E-state index in [1.54, 1.807) is 12.1 Å². The zero-order chi connectivity index (χ0) is 21.1. The van der Waals surface area contributed by atoms with Gasteiger partial charge in [0.05, 0.1) is 12.1 Å². The average molecular weight is 412 g/mol. The third-order valence-electron chi connectivity index (χ3n) is 7.54. The van der Waals surface area contributed by atoms with Crippen molar-refractivity contribution in [3.63, 3.8) is 0 Å². The van der Waals surface area contributed by atoms with Crippen LogP contribution < -0.4 is 9.80 Å². The summed E-state index contributed by atoms with van der Waals surface area (Å²) in [5.41, 5.74) is 2.73. The number of hydrogen-bond acceptors (Lipinski definition) is 2. The second-order valence-corrected chi connectivity index (χ2v) is 9.12. The van der Waals surface area contributed by atoms with Crippen LogP contribution in [-0.2, 0) is 6.54 Å². The first kappa shape index (κ1) is 21.3. The topological polar surface area (TPSA) is 27.9 Å². The van der Waals surface area contributed by atoms with E-state index in [-0.39, 0.29) is 17.8 Å². The molecule has 2 aromatic carbocycles. The number of halogens is 1. The molecule has 1 unspecified atom stereocenters. The van der Waals surface area contributed by atoms with Crippen LogP contribution in [0.3, 0.4) is 0 Å². The molecule has 0 amide bonds. The molecule has 2 N–H and O–H groups in total. The molecule has 2 aromatic rings. The molecule has 1 saturated carbocycles. The van der Waals surface area contributed by atoms with E-state index >= 15 is 0 Å². The van der Waals surface area contributed by atoms with Crippen LogP contribution in [0.4, 0.5) is 10.1 Å². The fraction of sp³-hybridized carbons (Fsp3) is 0.538. The van der Waals surface area contributed by atoms with Crippen LogP contribution >= 0.6 is 0 Å². The molecular weight excluding hydrogens is 375 g/mol. The van der Waals surface area contributed by atoms with Gasteiger partial charge in [0.15, 0.2) is 0 Å². The largest absolute Gasteiger partial charge is 0.389 e. The zero-order valence-electron chi connectivity index (χ0n) is 18.4. The number of benzene rings is 2. The van der Waals surface area contributed by atoms with Crippen LogP contribution in [0.25, 0.3) is 0 Å². The van der Waals surface area contributed by atoms with E-state index in [1.165, 1.54) is 22.6 Å². The van der Waals surface area contributed by atoms with E-state index in [2.05, 4.69) is 43.0 Å². The van der Waals surface area contributed by atoms with Gasteiger partial charge >= 0.3 is 0 Å². The Bertz CT molecular complexity index is 835. The van der Waals surface area contributed by atoms with E-state index in [4.69, 9.17) is 0 Å². The minimum absolute atomic E-state index is 0.120. The monoisotopic (exact) mass is 411 g/mol. The summed E-state index contributed by atoms with van der Waals surface area (Å²) in [4.78, 5) is 3.73. The van der Waals surface area contributed by atoms with Gasteiger partial charge in [0.1, 0.15) is 18.4 Å². The Morgan fingerprint density at radius 2 is 1.77 bits per heavy atom. The van der Waals surface area contributed by atoms with Gasteiger partial charge in [0.2, 0.25) is 0 Å². The molecule has 30 heavy (non-hydrogen) atoms. The summed E-state index contributed by atoms with van der Waals surface area (Å²) in [7, 11) is 0. The molecule has 4 heteroatoms. The SMILES string of the molecule is CCN(CC)c1ccc([C@@H]2[C@H]3CCCC[C@]3(O)CC[NH+]2Cc2ccccc2F)cc1. The number of aliphatic hydroxyl groups is 1. The lowest BCUT2D eigenvalue weighted by molar-refractivity contribution is -0.958. The maximum absolute atomic E-state index is 14.4. The van der Waals surface area contributed by atoms with Crippen molar-refractivity contribution in [1.29, 1.82) is 0 Å². The number of rotatable bonds is 6.